The first-order chi connectivity index (χ1) is 10.2. The van der Waals surface area contributed by atoms with Crippen LogP contribution in [0, 0.1) is 0 Å². The topological polar surface area (TPSA) is 61.4 Å². The molecule has 0 bridgehead atoms. The van der Waals surface area contributed by atoms with Crippen LogP contribution in [-0.2, 0) is 9.59 Å². The SMILES string of the molecule is CC(=S)N(NC(=O)CC(=O)NI(C(C)=S)C(C)(C)C)C(C)(C)C. The number of amides is 2. The van der Waals surface area contributed by atoms with E-state index in [4.69, 9.17) is 24.4 Å². The average Bonchev–Trinajstić information content (AvgIpc) is 2.29. The molecule has 5 nitrogen and oxygen atoms in total. The Morgan fingerprint density at radius 3 is 1.78 bits per heavy atom. The molecular weight excluding hydrogens is 445 g/mol. The van der Waals surface area contributed by atoms with Crippen LogP contribution in [0.4, 0.5) is 0 Å². The van der Waals surface area contributed by atoms with Crippen molar-refractivity contribution >= 4 is 64.2 Å². The van der Waals surface area contributed by atoms with Crippen LogP contribution in [0.2, 0.25) is 0 Å². The maximum atomic E-state index is 12.2. The first-order valence-electron chi connectivity index (χ1n) is 7.26. The molecule has 134 valence electrons. The summed E-state index contributed by atoms with van der Waals surface area (Å²) < 4.78 is 3.79. The molecule has 8 heteroatoms. The number of nitrogens with one attached hydrogen (secondary N) is 2. The summed E-state index contributed by atoms with van der Waals surface area (Å²) in [5.74, 6) is -0.670. The third-order valence-electron chi connectivity index (χ3n) is 2.58. The van der Waals surface area contributed by atoms with Gasteiger partial charge in [0.05, 0.1) is 0 Å². The van der Waals surface area contributed by atoms with Crippen LogP contribution >= 0.6 is 44.5 Å². The predicted octanol–water partition coefficient (Wildman–Crippen LogP) is 3.54. The van der Waals surface area contributed by atoms with Crippen LogP contribution in [0.15, 0.2) is 0 Å². The third-order valence-corrected chi connectivity index (χ3v) is 9.69. The molecule has 0 unspecified atom stereocenters. The van der Waals surface area contributed by atoms with Crippen LogP contribution in [0.5, 0.6) is 0 Å². The van der Waals surface area contributed by atoms with Gasteiger partial charge in [0.1, 0.15) is 0 Å². The Morgan fingerprint density at radius 2 is 1.48 bits per heavy atom. The first-order valence-corrected chi connectivity index (χ1v) is 11.3. The molecule has 2 amide bonds. The Hall–Kier alpha value is -0.350. The molecule has 23 heavy (non-hydrogen) atoms. The molecule has 0 aliphatic rings. The molecule has 0 saturated carbocycles. The number of nitrogens with zero attached hydrogens (tertiary/aromatic N) is 1. The number of hydrazine groups is 1. The van der Waals surface area contributed by atoms with Crippen LogP contribution in [0.1, 0.15) is 61.8 Å². The molecule has 0 aliphatic carbocycles. The van der Waals surface area contributed by atoms with Crippen molar-refractivity contribution in [3.05, 3.63) is 0 Å². The van der Waals surface area contributed by atoms with Crippen LogP contribution < -0.4 is 8.96 Å². The average molecular weight is 473 g/mol. The minimum absolute atomic E-state index is 0.0513. The number of rotatable bonds is 4. The summed E-state index contributed by atoms with van der Waals surface area (Å²) in [6, 6.07) is 0. The quantitative estimate of drug-likeness (QED) is 0.124. The van der Waals surface area contributed by atoms with Gasteiger partial charge >= 0.3 is 159 Å². The van der Waals surface area contributed by atoms with E-state index in [1.165, 1.54) is 0 Å². The van der Waals surface area contributed by atoms with Crippen molar-refractivity contribution in [1.82, 2.24) is 14.0 Å². The fraction of sp³-hybridized carbons (Fsp3) is 0.733. The molecule has 0 rings (SSSR count). The summed E-state index contributed by atoms with van der Waals surface area (Å²) in [6.45, 7) is 15.6. The van der Waals surface area contributed by atoms with Gasteiger partial charge in [-0.3, -0.25) is 0 Å². The Kier molecular flexibility index (Phi) is 8.53. The monoisotopic (exact) mass is 473 g/mol. The number of carbonyl (C=O) groups excluding carboxylic acids is 2. The molecule has 0 fully saturated rings. The van der Waals surface area contributed by atoms with Crippen molar-refractivity contribution in [1.29, 1.82) is 0 Å². The number of hydrogen-bond donors (Lipinski definition) is 2. The second-order valence-electron chi connectivity index (χ2n) is 7.08. The van der Waals surface area contributed by atoms with E-state index >= 15 is 0 Å². The number of thiocarbonyl (C=S) groups is 2. The zero-order chi connectivity index (χ0) is 18.6. The Labute approximate surface area is 158 Å². The Morgan fingerprint density at radius 1 is 1.00 bits per heavy atom. The van der Waals surface area contributed by atoms with E-state index in [-0.39, 0.29) is 27.2 Å². The van der Waals surface area contributed by atoms with Gasteiger partial charge in [0, 0.05) is 0 Å². The van der Waals surface area contributed by atoms with Crippen molar-refractivity contribution in [2.75, 3.05) is 0 Å². The number of halogens is 1. The zero-order valence-corrected chi connectivity index (χ0v) is 19.0. The summed E-state index contributed by atoms with van der Waals surface area (Å²) in [4.78, 5) is 24.8. The molecule has 0 saturated heterocycles. The summed E-state index contributed by atoms with van der Waals surface area (Å²) in [5.41, 5.74) is 2.35. The van der Waals surface area contributed by atoms with Crippen molar-refractivity contribution in [3.63, 3.8) is 0 Å². The van der Waals surface area contributed by atoms with Crippen molar-refractivity contribution in [2.24, 2.45) is 0 Å². The predicted molar refractivity (Wildman–Crippen MR) is 113 cm³/mol. The summed E-state index contributed by atoms with van der Waals surface area (Å²) >= 11 is 8.45. The fourth-order valence-electron chi connectivity index (χ4n) is 1.78. The minimum atomic E-state index is -1.98. The molecule has 0 spiro atoms. The van der Waals surface area contributed by atoms with E-state index in [0.717, 1.165) is 2.87 Å². The Balaban J connectivity index is 4.82. The van der Waals surface area contributed by atoms with E-state index < -0.39 is 20.1 Å². The van der Waals surface area contributed by atoms with E-state index in [2.05, 4.69) is 29.7 Å². The molecule has 0 radical (unpaired) electrons. The summed E-state index contributed by atoms with van der Waals surface area (Å²) in [5, 5.41) is 1.60. The molecule has 0 aliphatic heterocycles. The van der Waals surface area contributed by atoms with Gasteiger partial charge in [0.25, 0.3) is 0 Å². The second kappa shape index (κ2) is 8.66. The van der Waals surface area contributed by atoms with Crippen molar-refractivity contribution in [2.45, 2.75) is 70.8 Å². The fourth-order valence-corrected chi connectivity index (χ4v) is 8.17. The molecule has 0 aromatic carbocycles. The zero-order valence-electron chi connectivity index (χ0n) is 15.2. The van der Waals surface area contributed by atoms with E-state index in [1.807, 2.05) is 27.7 Å². The molecular formula is C15H28IN3O2S2. The van der Waals surface area contributed by atoms with E-state index in [0.29, 0.717) is 4.99 Å². The van der Waals surface area contributed by atoms with Gasteiger partial charge in [-0.05, 0) is 0 Å². The van der Waals surface area contributed by atoms with Crippen molar-refractivity contribution in [3.8, 4) is 0 Å². The molecule has 2 N–H and O–H groups in total. The van der Waals surface area contributed by atoms with E-state index in [1.54, 1.807) is 11.9 Å². The van der Waals surface area contributed by atoms with Crippen LogP contribution in [0.3, 0.4) is 0 Å². The van der Waals surface area contributed by atoms with Crippen LogP contribution in [0.25, 0.3) is 0 Å². The van der Waals surface area contributed by atoms with Gasteiger partial charge in [-0.25, -0.2) is 0 Å². The number of hydrogen-bond acceptors (Lipinski definition) is 4. The van der Waals surface area contributed by atoms with Gasteiger partial charge < -0.3 is 0 Å². The normalized spacial score (nSPS) is 12.3. The molecule has 0 aromatic rings. The second-order valence-corrected chi connectivity index (χ2v) is 16.0. The van der Waals surface area contributed by atoms with Gasteiger partial charge in [-0.2, -0.15) is 0 Å². The molecule has 0 aromatic heterocycles. The van der Waals surface area contributed by atoms with Crippen molar-refractivity contribution < 1.29 is 9.59 Å². The van der Waals surface area contributed by atoms with Gasteiger partial charge in [0.15, 0.2) is 0 Å². The third kappa shape index (κ3) is 8.35. The van der Waals surface area contributed by atoms with Gasteiger partial charge in [-0.1, -0.05) is 0 Å². The summed E-state index contributed by atoms with van der Waals surface area (Å²) in [6.07, 6.45) is -0.234. The Bertz CT molecular complexity index is 452. The van der Waals surface area contributed by atoms with E-state index in [9.17, 15) is 9.59 Å². The number of alkyl halides is 1. The van der Waals surface area contributed by atoms with Gasteiger partial charge in [-0.15, -0.1) is 0 Å². The summed E-state index contributed by atoms with van der Waals surface area (Å²) in [7, 11) is 0. The maximum absolute atomic E-state index is 12.2. The first kappa shape index (κ1) is 22.6. The standard InChI is InChI=1S/C15H28IN3O2S2/c1-10(22)16(14(3,4)5)17-12(20)9-13(21)18-19(11(2)23)15(6,7)8/h9H2,1-8H3,(H,17,20)(H,18,21). The number of carbonyl (C=O) groups is 2. The molecule has 0 atom stereocenters. The van der Waals surface area contributed by atoms with Crippen LogP contribution in [-0.4, -0.2) is 33.6 Å². The van der Waals surface area contributed by atoms with Gasteiger partial charge in [0.2, 0.25) is 0 Å². The molecule has 0 heterocycles.